The van der Waals surface area contributed by atoms with E-state index in [1.807, 2.05) is 6.92 Å². The number of rotatable bonds is 10. The lowest BCUT2D eigenvalue weighted by Crippen LogP contribution is -2.17. The van der Waals surface area contributed by atoms with Gasteiger partial charge in [-0.05, 0) is 46.0 Å². The molecule has 0 amide bonds. The molecule has 0 aromatic carbocycles. The molecule has 0 heterocycles. The van der Waals surface area contributed by atoms with Crippen molar-refractivity contribution in [1.29, 1.82) is 0 Å². The highest BCUT2D eigenvalue weighted by Gasteiger charge is 2.19. The molecule has 0 radical (unpaired) electrons. The lowest BCUT2D eigenvalue weighted by Gasteiger charge is -2.17. The minimum Gasteiger partial charge on any atom is -0.300 e. The summed E-state index contributed by atoms with van der Waals surface area (Å²) in [5, 5.41) is 0. The van der Waals surface area contributed by atoms with Crippen LogP contribution < -0.4 is 0 Å². The molecule has 20 heavy (non-hydrogen) atoms. The van der Waals surface area contributed by atoms with Crippen molar-refractivity contribution in [2.75, 3.05) is 0 Å². The number of hydrogen-bond donors (Lipinski definition) is 0. The molecule has 0 rings (SSSR count). The Morgan fingerprint density at radius 3 is 2.15 bits per heavy atom. The Hall–Kier alpha value is -1.18. The van der Waals surface area contributed by atoms with E-state index in [9.17, 15) is 9.59 Å². The van der Waals surface area contributed by atoms with Gasteiger partial charge in [-0.15, -0.1) is 0 Å². The first-order valence-corrected chi connectivity index (χ1v) is 7.57. The van der Waals surface area contributed by atoms with E-state index >= 15 is 0 Å². The molecule has 0 N–H and O–H groups in total. The Morgan fingerprint density at radius 1 is 1.10 bits per heavy atom. The molecule has 2 heteroatoms. The second kappa shape index (κ2) is 9.68. The largest absolute Gasteiger partial charge is 0.300 e. The highest BCUT2D eigenvalue weighted by atomic mass is 16.1. The monoisotopic (exact) mass is 278 g/mol. The van der Waals surface area contributed by atoms with Gasteiger partial charge in [0.1, 0.15) is 11.6 Å². The number of allylic oxidation sites excluding steroid dienone is 3. The molecule has 1 unspecified atom stereocenters. The second-order valence-corrected chi connectivity index (χ2v) is 6.29. The number of ketones is 2. The maximum atomic E-state index is 12.2. The molecule has 0 spiro atoms. The quantitative estimate of drug-likeness (QED) is 0.533. The summed E-state index contributed by atoms with van der Waals surface area (Å²) in [6.45, 7) is 13.7. The molecule has 0 bridgehead atoms. The van der Waals surface area contributed by atoms with E-state index in [0.29, 0.717) is 24.5 Å². The average Bonchev–Trinajstić information content (AvgIpc) is 2.26. The highest BCUT2D eigenvalue weighted by molar-refractivity contribution is 5.83. The zero-order valence-electron chi connectivity index (χ0n) is 13.8. The predicted octanol–water partition coefficient (Wildman–Crippen LogP) is 4.89. The van der Waals surface area contributed by atoms with E-state index in [1.165, 1.54) is 5.57 Å². The SMILES string of the molecule is C=C(C)C(CC/C(C)=C/CCC(C)=O)C(=O)CC(C)C. The van der Waals surface area contributed by atoms with Gasteiger partial charge in [0.05, 0.1) is 0 Å². The first-order chi connectivity index (χ1) is 9.23. The van der Waals surface area contributed by atoms with E-state index in [1.54, 1.807) is 6.92 Å². The van der Waals surface area contributed by atoms with Crippen LogP contribution in [0.15, 0.2) is 23.8 Å². The van der Waals surface area contributed by atoms with Gasteiger partial charge in [0.15, 0.2) is 0 Å². The predicted molar refractivity (Wildman–Crippen MR) is 85.7 cm³/mol. The Balaban J connectivity index is 4.37. The second-order valence-electron chi connectivity index (χ2n) is 6.29. The summed E-state index contributed by atoms with van der Waals surface area (Å²) >= 11 is 0. The fourth-order valence-corrected chi connectivity index (χ4v) is 2.22. The van der Waals surface area contributed by atoms with Crippen LogP contribution in [0, 0.1) is 11.8 Å². The van der Waals surface area contributed by atoms with Crippen LogP contribution in [0.3, 0.4) is 0 Å². The van der Waals surface area contributed by atoms with Crippen molar-refractivity contribution in [2.45, 2.75) is 66.7 Å². The molecule has 0 aromatic heterocycles. The fourth-order valence-electron chi connectivity index (χ4n) is 2.22. The van der Waals surface area contributed by atoms with Crippen LogP contribution >= 0.6 is 0 Å². The van der Waals surface area contributed by atoms with E-state index in [2.05, 4.69) is 33.4 Å². The van der Waals surface area contributed by atoms with Crippen molar-refractivity contribution < 1.29 is 9.59 Å². The van der Waals surface area contributed by atoms with Crippen LogP contribution in [-0.4, -0.2) is 11.6 Å². The molecule has 0 aliphatic heterocycles. The van der Waals surface area contributed by atoms with Crippen LogP contribution in [-0.2, 0) is 9.59 Å². The van der Waals surface area contributed by atoms with Gasteiger partial charge in [0, 0.05) is 18.8 Å². The molecule has 0 fully saturated rings. The smallest absolute Gasteiger partial charge is 0.140 e. The molecular weight excluding hydrogens is 248 g/mol. The van der Waals surface area contributed by atoms with Gasteiger partial charge >= 0.3 is 0 Å². The van der Waals surface area contributed by atoms with Crippen molar-refractivity contribution >= 4 is 11.6 Å². The van der Waals surface area contributed by atoms with Crippen LogP contribution in [0.1, 0.15) is 66.7 Å². The third-order valence-corrected chi connectivity index (χ3v) is 3.41. The van der Waals surface area contributed by atoms with E-state index < -0.39 is 0 Å². The molecule has 1 atom stereocenters. The number of carbonyl (C=O) groups excluding carboxylic acids is 2. The first kappa shape index (κ1) is 18.8. The van der Waals surface area contributed by atoms with Crippen molar-refractivity contribution in [3.63, 3.8) is 0 Å². The van der Waals surface area contributed by atoms with Crippen molar-refractivity contribution in [3.05, 3.63) is 23.8 Å². The number of hydrogen-bond acceptors (Lipinski definition) is 2. The van der Waals surface area contributed by atoms with Crippen LogP contribution in [0.4, 0.5) is 0 Å². The Kier molecular flexibility index (Phi) is 9.11. The van der Waals surface area contributed by atoms with Crippen LogP contribution in [0.25, 0.3) is 0 Å². The Labute approximate surface area is 124 Å². The van der Waals surface area contributed by atoms with Crippen molar-refractivity contribution in [3.8, 4) is 0 Å². The van der Waals surface area contributed by atoms with Crippen molar-refractivity contribution in [1.82, 2.24) is 0 Å². The summed E-state index contributed by atoms with van der Waals surface area (Å²) in [4.78, 5) is 23.1. The standard InChI is InChI=1S/C18H30O2/c1-13(2)12-18(20)17(14(3)4)11-10-15(5)8-7-9-16(6)19/h8,13,17H,3,7,9-12H2,1-2,4-6H3/b15-8+. The normalized spacial score (nSPS) is 13.4. The number of Topliss-reactive ketones (excluding diaryl/α,β-unsaturated/α-hetero) is 2. The molecule has 0 aliphatic rings. The van der Waals surface area contributed by atoms with Gasteiger partial charge in [-0.3, -0.25) is 4.79 Å². The summed E-state index contributed by atoms with van der Waals surface area (Å²) < 4.78 is 0. The summed E-state index contributed by atoms with van der Waals surface area (Å²) in [5.41, 5.74) is 2.22. The first-order valence-electron chi connectivity index (χ1n) is 7.57. The third kappa shape index (κ3) is 8.84. The van der Waals surface area contributed by atoms with E-state index in [4.69, 9.17) is 0 Å². The summed E-state index contributed by atoms with van der Waals surface area (Å²) in [6, 6.07) is 0. The maximum absolute atomic E-state index is 12.2. The fraction of sp³-hybridized carbons (Fsp3) is 0.667. The topological polar surface area (TPSA) is 34.1 Å². The Morgan fingerprint density at radius 2 is 1.70 bits per heavy atom. The van der Waals surface area contributed by atoms with Gasteiger partial charge in [0.2, 0.25) is 0 Å². The molecule has 0 aromatic rings. The number of carbonyl (C=O) groups is 2. The van der Waals surface area contributed by atoms with E-state index in [0.717, 1.165) is 24.8 Å². The van der Waals surface area contributed by atoms with Crippen molar-refractivity contribution in [2.24, 2.45) is 11.8 Å². The Bertz CT molecular complexity index is 375. The van der Waals surface area contributed by atoms with Gasteiger partial charge in [0.25, 0.3) is 0 Å². The van der Waals surface area contributed by atoms with Crippen LogP contribution in [0.2, 0.25) is 0 Å². The van der Waals surface area contributed by atoms with E-state index in [-0.39, 0.29) is 11.7 Å². The summed E-state index contributed by atoms with van der Waals surface area (Å²) in [6.07, 6.45) is 5.89. The third-order valence-electron chi connectivity index (χ3n) is 3.41. The zero-order chi connectivity index (χ0) is 15.7. The minimum atomic E-state index is -0.0199. The molecule has 114 valence electrons. The average molecular weight is 278 g/mol. The molecule has 0 saturated heterocycles. The lowest BCUT2D eigenvalue weighted by molar-refractivity contribution is -0.122. The highest BCUT2D eigenvalue weighted by Crippen LogP contribution is 2.22. The molecular formula is C18H30O2. The summed E-state index contributed by atoms with van der Waals surface area (Å²) in [7, 11) is 0. The van der Waals surface area contributed by atoms with Gasteiger partial charge in [-0.1, -0.05) is 37.6 Å². The minimum absolute atomic E-state index is 0.0199. The molecule has 0 saturated carbocycles. The molecule has 0 aliphatic carbocycles. The van der Waals surface area contributed by atoms with Crippen LogP contribution in [0.5, 0.6) is 0 Å². The van der Waals surface area contributed by atoms with Gasteiger partial charge in [-0.2, -0.15) is 0 Å². The lowest BCUT2D eigenvalue weighted by atomic mass is 9.86. The van der Waals surface area contributed by atoms with Gasteiger partial charge < -0.3 is 4.79 Å². The zero-order valence-corrected chi connectivity index (χ0v) is 13.8. The summed E-state index contributed by atoms with van der Waals surface area (Å²) in [5.74, 6) is 0.912. The maximum Gasteiger partial charge on any atom is 0.140 e. The molecule has 2 nitrogen and oxygen atoms in total. The van der Waals surface area contributed by atoms with Gasteiger partial charge in [-0.25, -0.2) is 0 Å².